The van der Waals surface area contributed by atoms with Crippen LogP contribution in [0.1, 0.15) is 19.3 Å². The van der Waals surface area contributed by atoms with E-state index in [1.165, 1.54) is 29.6 Å². The lowest BCUT2D eigenvalue weighted by Crippen LogP contribution is -2.35. The van der Waals surface area contributed by atoms with Crippen molar-refractivity contribution in [3.05, 3.63) is 48.3 Å². The van der Waals surface area contributed by atoms with Crippen molar-refractivity contribution in [1.82, 2.24) is 4.31 Å². The topological polar surface area (TPSA) is 70.7 Å². The van der Waals surface area contributed by atoms with Crippen LogP contribution >= 0.6 is 12.2 Å². The third-order valence-electron chi connectivity index (χ3n) is 4.46. The van der Waals surface area contributed by atoms with Gasteiger partial charge in [0.1, 0.15) is 16.5 Å². The summed E-state index contributed by atoms with van der Waals surface area (Å²) in [6, 6.07) is 10.6. The van der Waals surface area contributed by atoms with E-state index in [0.717, 1.165) is 19.3 Å². The number of ether oxygens (including phenoxy) is 1. The fraction of sp³-hybridized carbons (Fsp3) is 0.316. The van der Waals surface area contributed by atoms with Crippen molar-refractivity contribution in [2.75, 3.05) is 30.8 Å². The Hall–Kier alpha value is -2.23. The van der Waals surface area contributed by atoms with E-state index < -0.39 is 10.0 Å². The van der Waals surface area contributed by atoms with Crippen LogP contribution in [0.2, 0.25) is 0 Å². The maximum atomic E-state index is 13.1. The Morgan fingerprint density at radius 1 is 1.04 bits per heavy atom. The molecule has 0 unspecified atom stereocenters. The summed E-state index contributed by atoms with van der Waals surface area (Å²) >= 11 is 5.27. The second-order valence-electron chi connectivity index (χ2n) is 6.42. The van der Waals surface area contributed by atoms with Crippen molar-refractivity contribution in [3.8, 4) is 5.75 Å². The Bertz CT molecular complexity index is 943. The Morgan fingerprint density at radius 2 is 1.64 bits per heavy atom. The van der Waals surface area contributed by atoms with Crippen molar-refractivity contribution in [3.63, 3.8) is 0 Å². The fourth-order valence-electron chi connectivity index (χ4n) is 3.03. The summed E-state index contributed by atoms with van der Waals surface area (Å²) in [4.78, 5) is 0.103. The van der Waals surface area contributed by atoms with Crippen LogP contribution in [0, 0.1) is 5.82 Å². The largest absolute Gasteiger partial charge is 0.495 e. The van der Waals surface area contributed by atoms with Crippen LogP contribution < -0.4 is 15.4 Å². The summed E-state index contributed by atoms with van der Waals surface area (Å²) in [6.07, 6.45) is 2.74. The number of methoxy groups -OCH3 is 1. The predicted octanol–water partition coefficient (Wildman–Crippen LogP) is 3.82. The molecule has 9 heteroatoms. The molecule has 150 valence electrons. The van der Waals surface area contributed by atoms with Crippen LogP contribution in [-0.2, 0) is 10.0 Å². The molecule has 2 aromatic rings. The van der Waals surface area contributed by atoms with Crippen LogP contribution in [0.4, 0.5) is 15.8 Å². The van der Waals surface area contributed by atoms with Crippen LogP contribution in [-0.4, -0.2) is 38.0 Å². The molecule has 6 nitrogen and oxygen atoms in total. The highest BCUT2D eigenvalue weighted by atomic mass is 32.2. The molecule has 2 aromatic carbocycles. The summed E-state index contributed by atoms with van der Waals surface area (Å²) in [7, 11) is -2.22. The number of hydrogen-bond acceptors (Lipinski definition) is 4. The second kappa shape index (κ2) is 8.85. The van der Waals surface area contributed by atoms with Gasteiger partial charge in [-0.05, 0) is 67.5 Å². The minimum absolute atomic E-state index is 0.103. The molecular formula is C19H22FN3O3S2. The lowest BCUT2D eigenvalue weighted by atomic mass is 10.2. The normalized spacial score (nSPS) is 15.1. The number of anilines is 2. The summed E-state index contributed by atoms with van der Waals surface area (Å²) < 4.78 is 45.9. The van der Waals surface area contributed by atoms with E-state index in [-0.39, 0.29) is 21.6 Å². The first-order valence-corrected chi connectivity index (χ1v) is 10.8. The van der Waals surface area contributed by atoms with Gasteiger partial charge in [0.25, 0.3) is 0 Å². The molecule has 0 radical (unpaired) electrons. The minimum Gasteiger partial charge on any atom is -0.495 e. The smallest absolute Gasteiger partial charge is 0.246 e. The van der Waals surface area contributed by atoms with E-state index in [4.69, 9.17) is 17.0 Å². The highest BCUT2D eigenvalue weighted by Gasteiger charge is 2.29. The quantitative estimate of drug-likeness (QED) is 0.713. The number of nitrogens with zero attached hydrogens (tertiary/aromatic N) is 1. The van der Waals surface area contributed by atoms with Crippen molar-refractivity contribution >= 4 is 38.7 Å². The van der Waals surface area contributed by atoms with Crippen molar-refractivity contribution < 1.29 is 17.5 Å². The average molecular weight is 424 g/mol. The van der Waals surface area contributed by atoms with Crippen molar-refractivity contribution in [1.29, 1.82) is 0 Å². The van der Waals surface area contributed by atoms with E-state index >= 15 is 0 Å². The molecule has 1 saturated heterocycles. The molecule has 1 heterocycles. The maximum absolute atomic E-state index is 13.1. The van der Waals surface area contributed by atoms with Gasteiger partial charge in [-0.15, -0.1) is 0 Å². The summed E-state index contributed by atoms with van der Waals surface area (Å²) in [5, 5.41) is 6.15. The molecule has 2 N–H and O–H groups in total. The Balaban J connectivity index is 1.80. The molecule has 0 aliphatic carbocycles. The SMILES string of the molecule is COc1ccc(NC(=S)Nc2ccc(F)cc2)cc1S(=O)(=O)N1CCCCC1. The molecule has 3 rings (SSSR count). The van der Waals surface area contributed by atoms with Crippen molar-refractivity contribution in [2.24, 2.45) is 0 Å². The van der Waals surface area contributed by atoms with Crippen LogP contribution in [0.5, 0.6) is 5.75 Å². The molecule has 0 bridgehead atoms. The number of halogens is 1. The van der Waals surface area contributed by atoms with Crippen LogP contribution in [0.25, 0.3) is 0 Å². The summed E-state index contributed by atoms with van der Waals surface area (Å²) in [6.45, 7) is 1.02. The van der Waals surface area contributed by atoms with Gasteiger partial charge in [-0.1, -0.05) is 6.42 Å². The Kier molecular flexibility index (Phi) is 6.48. The predicted molar refractivity (Wildman–Crippen MR) is 112 cm³/mol. The summed E-state index contributed by atoms with van der Waals surface area (Å²) in [5.41, 5.74) is 1.13. The van der Waals surface area contributed by atoms with Gasteiger partial charge in [0.05, 0.1) is 7.11 Å². The van der Waals surface area contributed by atoms with Gasteiger partial charge in [0, 0.05) is 24.5 Å². The molecule has 0 amide bonds. The average Bonchev–Trinajstić information content (AvgIpc) is 2.70. The molecule has 1 aliphatic rings. The highest BCUT2D eigenvalue weighted by molar-refractivity contribution is 7.89. The number of nitrogens with one attached hydrogen (secondary N) is 2. The van der Waals surface area contributed by atoms with E-state index in [0.29, 0.717) is 24.5 Å². The third kappa shape index (κ3) is 4.78. The Labute approximate surface area is 169 Å². The zero-order valence-electron chi connectivity index (χ0n) is 15.4. The number of thiocarbonyl (C=S) groups is 1. The van der Waals surface area contributed by atoms with Gasteiger partial charge in [-0.25, -0.2) is 12.8 Å². The summed E-state index contributed by atoms with van der Waals surface area (Å²) in [5.74, 6) is -0.0549. The third-order valence-corrected chi connectivity index (χ3v) is 6.58. The standard InChI is InChI=1S/C19H22FN3O3S2/c1-26-17-10-9-16(22-19(27)21-15-7-5-14(20)6-8-15)13-18(17)28(24,25)23-11-3-2-4-12-23/h5-10,13H,2-4,11-12H2,1H3,(H2,21,22,27). The molecule has 0 spiro atoms. The molecule has 0 saturated carbocycles. The van der Waals surface area contributed by atoms with Gasteiger partial charge >= 0.3 is 0 Å². The molecule has 28 heavy (non-hydrogen) atoms. The van der Waals surface area contributed by atoms with Gasteiger partial charge in [0.2, 0.25) is 10.0 Å². The second-order valence-corrected chi connectivity index (χ2v) is 8.73. The zero-order chi connectivity index (χ0) is 20.1. The van der Waals surface area contributed by atoms with Crippen molar-refractivity contribution in [2.45, 2.75) is 24.2 Å². The molecule has 1 fully saturated rings. The van der Waals surface area contributed by atoms with Crippen LogP contribution in [0.15, 0.2) is 47.4 Å². The number of benzene rings is 2. The zero-order valence-corrected chi connectivity index (χ0v) is 17.1. The van der Waals surface area contributed by atoms with Crippen LogP contribution in [0.3, 0.4) is 0 Å². The molecule has 0 aromatic heterocycles. The van der Waals surface area contributed by atoms with Gasteiger partial charge in [-0.2, -0.15) is 4.31 Å². The number of rotatable bonds is 5. The minimum atomic E-state index is -3.66. The lowest BCUT2D eigenvalue weighted by Gasteiger charge is -2.26. The first kappa shape index (κ1) is 20.5. The van der Waals surface area contributed by atoms with Gasteiger partial charge < -0.3 is 15.4 Å². The lowest BCUT2D eigenvalue weighted by molar-refractivity contribution is 0.343. The molecule has 0 atom stereocenters. The first-order valence-electron chi connectivity index (χ1n) is 8.92. The number of hydrogen-bond donors (Lipinski definition) is 2. The van der Waals surface area contributed by atoms with E-state index in [1.807, 2.05) is 0 Å². The Morgan fingerprint density at radius 3 is 2.29 bits per heavy atom. The fourth-order valence-corrected chi connectivity index (χ4v) is 4.96. The van der Waals surface area contributed by atoms with Gasteiger partial charge in [-0.3, -0.25) is 0 Å². The maximum Gasteiger partial charge on any atom is 0.246 e. The monoisotopic (exact) mass is 423 g/mol. The number of piperidine rings is 1. The number of sulfonamides is 1. The molecular weight excluding hydrogens is 401 g/mol. The highest BCUT2D eigenvalue weighted by Crippen LogP contribution is 2.31. The van der Waals surface area contributed by atoms with E-state index in [1.54, 1.807) is 24.3 Å². The first-order chi connectivity index (χ1) is 13.4. The molecule has 1 aliphatic heterocycles. The van der Waals surface area contributed by atoms with Gasteiger partial charge in [0.15, 0.2) is 5.11 Å². The van der Waals surface area contributed by atoms with E-state index in [9.17, 15) is 12.8 Å². The van der Waals surface area contributed by atoms with E-state index in [2.05, 4.69) is 10.6 Å².